The van der Waals surface area contributed by atoms with Crippen molar-refractivity contribution in [1.29, 1.82) is 5.26 Å². The SMILES string of the molecule is CC(CNc1oc(/C=C/c2ccc(F)cc2)nc1C#N)N1CCOCC1. The van der Waals surface area contributed by atoms with Crippen molar-refractivity contribution in [2.24, 2.45) is 0 Å². The Morgan fingerprint density at radius 2 is 2.04 bits per heavy atom. The Morgan fingerprint density at radius 3 is 2.73 bits per heavy atom. The Morgan fingerprint density at radius 1 is 1.31 bits per heavy atom. The second-order valence-corrected chi connectivity index (χ2v) is 6.10. The van der Waals surface area contributed by atoms with Crippen LogP contribution in [0, 0.1) is 17.1 Å². The highest BCUT2D eigenvalue weighted by Crippen LogP contribution is 2.19. The van der Waals surface area contributed by atoms with Crippen LogP contribution in [-0.2, 0) is 4.74 Å². The van der Waals surface area contributed by atoms with Gasteiger partial charge in [-0.2, -0.15) is 10.2 Å². The van der Waals surface area contributed by atoms with Gasteiger partial charge in [0.2, 0.25) is 17.5 Å². The van der Waals surface area contributed by atoms with Crippen LogP contribution >= 0.6 is 0 Å². The van der Waals surface area contributed by atoms with Crippen LogP contribution in [0.3, 0.4) is 0 Å². The number of hydrogen-bond acceptors (Lipinski definition) is 6. The molecule has 2 aromatic rings. The number of halogens is 1. The highest BCUT2D eigenvalue weighted by atomic mass is 19.1. The molecule has 1 unspecified atom stereocenters. The Bertz CT molecular complexity index is 789. The van der Waals surface area contributed by atoms with Crippen LogP contribution in [0.4, 0.5) is 10.3 Å². The molecule has 1 aromatic heterocycles. The maximum atomic E-state index is 12.9. The van der Waals surface area contributed by atoms with Crippen LogP contribution in [0.1, 0.15) is 24.1 Å². The van der Waals surface area contributed by atoms with Crippen molar-refractivity contribution in [2.45, 2.75) is 13.0 Å². The molecule has 1 N–H and O–H groups in total. The van der Waals surface area contributed by atoms with Gasteiger partial charge in [0.15, 0.2) is 0 Å². The van der Waals surface area contributed by atoms with Crippen molar-refractivity contribution in [3.8, 4) is 6.07 Å². The molecule has 1 aromatic carbocycles. The van der Waals surface area contributed by atoms with Crippen LogP contribution < -0.4 is 5.32 Å². The number of oxazole rings is 1. The predicted molar refractivity (Wildman–Crippen MR) is 96.9 cm³/mol. The van der Waals surface area contributed by atoms with Gasteiger partial charge >= 0.3 is 0 Å². The summed E-state index contributed by atoms with van der Waals surface area (Å²) in [6.45, 7) is 6.05. The zero-order chi connectivity index (χ0) is 18.4. The van der Waals surface area contributed by atoms with Crippen LogP contribution in [0.25, 0.3) is 12.2 Å². The summed E-state index contributed by atoms with van der Waals surface area (Å²) in [5, 5.41) is 12.4. The third-order valence-electron chi connectivity index (χ3n) is 4.27. The highest BCUT2D eigenvalue weighted by Gasteiger charge is 2.18. The summed E-state index contributed by atoms with van der Waals surface area (Å²) >= 11 is 0. The van der Waals surface area contributed by atoms with E-state index in [4.69, 9.17) is 9.15 Å². The number of nitriles is 1. The van der Waals surface area contributed by atoms with E-state index in [9.17, 15) is 9.65 Å². The molecule has 0 saturated carbocycles. The molecule has 7 heteroatoms. The average Bonchev–Trinajstić information content (AvgIpc) is 3.08. The Labute approximate surface area is 151 Å². The fourth-order valence-electron chi connectivity index (χ4n) is 2.73. The van der Waals surface area contributed by atoms with E-state index in [2.05, 4.69) is 22.1 Å². The molecule has 136 valence electrons. The molecule has 1 aliphatic heterocycles. The molecule has 3 rings (SSSR count). The van der Waals surface area contributed by atoms with E-state index in [1.165, 1.54) is 12.1 Å². The second-order valence-electron chi connectivity index (χ2n) is 6.10. The van der Waals surface area contributed by atoms with E-state index < -0.39 is 0 Å². The highest BCUT2D eigenvalue weighted by molar-refractivity contribution is 5.67. The first kappa shape index (κ1) is 18.1. The first-order valence-corrected chi connectivity index (χ1v) is 8.56. The van der Waals surface area contributed by atoms with Crippen molar-refractivity contribution in [1.82, 2.24) is 9.88 Å². The van der Waals surface area contributed by atoms with Crippen molar-refractivity contribution < 1.29 is 13.5 Å². The third-order valence-corrected chi connectivity index (χ3v) is 4.27. The van der Waals surface area contributed by atoms with E-state index in [-0.39, 0.29) is 17.6 Å². The fourth-order valence-corrected chi connectivity index (χ4v) is 2.73. The largest absolute Gasteiger partial charge is 0.420 e. The molecule has 0 radical (unpaired) electrons. The minimum absolute atomic E-state index is 0.220. The number of nitrogens with zero attached hydrogens (tertiary/aromatic N) is 3. The summed E-state index contributed by atoms with van der Waals surface area (Å²) in [4.78, 5) is 6.49. The first-order chi connectivity index (χ1) is 12.7. The van der Waals surface area contributed by atoms with Gasteiger partial charge in [0.05, 0.1) is 13.2 Å². The Hall–Kier alpha value is -2.69. The lowest BCUT2D eigenvalue weighted by Gasteiger charge is -2.32. The molecule has 6 nitrogen and oxygen atoms in total. The zero-order valence-corrected chi connectivity index (χ0v) is 14.6. The third kappa shape index (κ3) is 4.69. The molecular weight excluding hydrogens is 335 g/mol. The normalized spacial score (nSPS) is 16.5. The zero-order valence-electron chi connectivity index (χ0n) is 14.6. The molecule has 26 heavy (non-hydrogen) atoms. The Kier molecular flexibility index (Phi) is 6.00. The number of hydrogen-bond donors (Lipinski definition) is 1. The van der Waals surface area contributed by atoms with Gasteiger partial charge in [-0.25, -0.2) is 4.39 Å². The standard InChI is InChI=1S/C19H21FN4O2/c1-14(24-8-10-25-11-9-24)13-22-19-17(12-21)23-18(26-19)7-4-15-2-5-16(20)6-3-15/h2-7,14,22H,8-11,13H2,1H3/b7-4+. The fraction of sp³-hybridized carbons (Fsp3) is 0.368. The number of rotatable bonds is 6. The van der Waals surface area contributed by atoms with Gasteiger partial charge in [-0.1, -0.05) is 12.1 Å². The molecular formula is C19H21FN4O2. The monoisotopic (exact) mass is 356 g/mol. The van der Waals surface area contributed by atoms with Crippen molar-refractivity contribution >= 4 is 18.0 Å². The predicted octanol–water partition coefficient (Wildman–Crippen LogP) is 2.99. The Balaban J connectivity index is 1.62. The van der Waals surface area contributed by atoms with Crippen molar-refractivity contribution in [3.05, 3.63) is 47.2 Å². The molecule has 1 aliphatic rings. The lowest BCUT2D eigenvalue weighted by Crippen LogP contribution is -2.45. The molecule has 0 aliphatic carbocycles. The van der Waals surface area contributed by atoms with Crippen LogP contribution in [0.2, 0.25) is 0 Å². The van der Waals surface area contributed by atoms with Gasteiger partial charge < -0.3 is 14.5 Å². The topological polar surface area (TPSA) is 74.3 Å². The minimum atomic E-state index is -0.286. The van der Waals surface area contributed by atoms with Gasteiger partial charge in [-0.15, -0.1) is 0 Å². The first-order valence-electron chi connectivity index (χ1n) is 8.56. The van der Waals surface area contributed by atoms with E-state index in [0.717, 1.165) is 31.9 Å². The van der Waals surface area contributed by atoms with Crippen molar-refractivity contribution in [3.63, 3.8) is 0 Å². The molecule has 2 heterocycles. The minimum Gasteiger partial charge on any atom is -0.420 e. The average molecular weight is 356 g/mol. The van der Waals surface area contributed by atoms with E-state index in [0.29, 0.717) is 18.3 Å². The van der Waals surface area contributed by atoms with E-state index in [1.54, 1.807) is 24.3 Å². The van der Waals surface area contributed by atoms with Gasteiger partial charge in [-0.05, 0) is 30.7 Å². The maximum Gasteiger partial charge on any atom is 0.232 e. The van der Waals surface area contributed by atoms with Gasteiger partial charge in [0.1, 0.15) is 11.9 Å². The lowest BCUT2D eigenvalue weighted by atomic mass is 10.2. The molecule has 0 spiro atoms. The number of nitrogens with one attached hydrogen (secondary N) is 1. The number of morpholine rings is 1. The number of aromatic nitrogens is 1. The summed E-state index contributed by atoms with van der Waals surface area (Å²) in [6, 6.07) is 8.41. The van der Waals surface area contributed by atoms with E-state index in [1.807, 2.05) is 6.07 Å². The van der Waals surface area contributed by atoms with Crippen LogP contribution in [0.5, 0.6) is 0 Å². The number of anilines is 1. The summed E-state index contributed by atoms with van der Waals surface area (Å²) in [5.41, 5.74) is 1.04. The van der Waals surface area contributed by atoms with Gasteiger partial charge in [0.25, 0.3) is 0 Å². The molecule has 1 atom stereocenters. The quantitative estimate of drug-likeness (QED) is 0.858. The van der Waals surface area contributed by atoms with Crippen molar-refractivity contribution in [2.75, 3.05) is 38.2 Å². The summed E-state index contributed by atoms with van der Waals surface area (Å²) in [6.07, 6.45) is 3.41. The molecule has 1 saturated heterocycles. The lowest BCUT2D eigenvalue weighted by molar-refractivity contribution is 0.0226. The molecule has 0 bridgehead atoms. The molecule has 0 amide bonds. The smallest absolute Gasteiger partial charge is 0.232 e. The van der Waals surface area contributed by atoms with Gasteiger partial charge in [-0.3, -0.25) is 4.90 Å². The summed E-state index contributed by atoms with van der Waals surface area (Å²) < 4.78 is 23.9. The summed E-state index contributed by atoms with van der Waals surface area (Å²) in [7, 11) is 0. The van der Waals surface area contributed by atoms with E-state index >= 15 is 0 Å². The van der Waals surface area contributed by atoms with Crippen LogP contribution in [0.15, 0.2) is 28.7 Å². The number of ether oxygens (including phenoxy) is 1. The van der Waals surface area contributed by atoms with Crippen LogP contribution in [-0.4, -0.2) is 48.8 Å². The molecule has 1 fully saturated rings. The second kappa shape index (κ2) is 8.61. The number of benzene rings is 1. The summed E-state index contributed by atoms with van der Waals surface area (Å²) in [5.74, 6) is 0.407. The maximum absolute atomic E-state index is 12.9. The van der Waals surface area contributed by atoms with Gasteiger partial charge in [0, 0.05) is 31.8 Å².